The van der Waals surface area contributed by atoms with Crippen LogP contribution in [0.3, 0.4) is 0 Å². The molecule has 7 nitrogen and oxygen atoms in total. The van der Waals surface area contributed by atoms with Crippen LogP contribution in [-0.2, 0) is 6.54 Å². The fourth-order valence-electron chi connectivity index (χ4n) is 3.61. The molecule has 0 saturated carbocycles. The molecule has 164 valence electrons. The minimum absolute atomic E-state index is 0.376. The summed E-state index contributed by atoms with van der Waals surface area (Å²) in [6.07, 6.45) is 2.31. The Bertz CT molecular complexity index is 765. The summed E-state index contributed by atoms with van der Waals surface area (Å²) < 4.78 is 5.36. The molecule has 1 aliphatic heterocycles. The van der Waals surface area contributed by atoms with E-state index in [1.807, 2.05) is 6.07 Å². The van der Waals surface area contributed by atoms with E-state index in [4.69, 9.17) is 4.52 Å². The molecule has 0 radical (unpaired) electrons. The third kappa shape index (κ3) is 6.76. The average Bonchev–Trinajstić information content (AvgIpc) is 3.26. The molecule has 2 N–H and O–H groups in total. The third-order valence-corrected chi connectivity index (χ3v) is 5.51. The number of aliphatic imine (C=N–C) groups is 1. The van der Waals surface area contributed by atoms with Crippen LogP contribution in [0.5, 0.6) is 0 Å². The maximum Gasteiger partial charge on any atom is 0.191 e. The van der Waals surface area contributed by atoms with Gasteiger partial charge < -0.3 is 20.1 Å². The quantitative estimate of drug-likeness (QED) is 0.375. The highest BCUT2D eigenvalue weighted by Crippen LogP contribution is 2.16. The molecule has 2 heterocycles. The molecule has 1 aliphatic rings. The molecule has 1 saturated heterocycles. The molecule has 30 heavy (non-hydrogen) atoms. The minimum Gasteiger partial charge on any atom is -0.369 e. The Hall–Kier alpha value is -2.54. The lowest BCUT2D eigenvalue weighted by Gasteiger charge is -2.36. The first-order chi connectivity index (χ1) is 14.7. The van der Waals surface area contributed by atoms with Crippen molar-refractivity contribution in [3.05, 3.63) is 47.9 Å². The maximum atomic E-state index is 5.36. The lowest BCUT2D eigenvalue weighted by atomic mass is 10.1. The molecule has 3 rings (SSSR count). The second-order valence-electron chi connectivity index (χ2n) is 8.10. The predicted molar refractivity (Wildman–Crippen MR) is 123 cm³/mol. The van der Waals surface area contributed by atoms with Crippen LogP contribution in [0.2, 0.25) is 0 Å². The summed E-state index contributed by atoms with van der Waals surface area (Å²) in [5, 5.41) is 10.8. The van der Waals surface area contributed by atoms with Crippen molar-refractivity contribution in [3.63, 3.8) is 0 Å². The van der Waals surface area contributed by atoms with Gasteiger partial charge in [0.2, 0.25) is 0 Å². The number of aromatic nitrogens is 1. The summed E-state index contributed by atoms with van der Waals surface area (Å²) in [7, 11) is 1.79. The van der Waals surface area contributed by atoms with Crippen molar-refractivity contribution in [2.45, 2.75) is 39.2 Å². The molecular formula is C23H36N6O. The number of para-hydroxylation sites is 1. The van der Waals surface area contributed by atoms with Crippen LogP contribution >= 0.6 is 0 Å². The second kappa shape index (κ2) is 11.6. The smallest absolute Gasteiger partial charge is 0.191 e. The van der Waals surface area contributed by atoms with E-state index in [0.717, 1.165) is 63.1 Å². The number of anilines is 1. The number of nitrogens with one attached hydrogen (secondary N) is 2. The summed E-state index contributed by atoms with van der Waals surface area (Å²) >= 11 is 0. The second-order valence-corrected chi connectivity index (χ2v) is 8.10. The van der Waals surface area contributed by atoms with Crippen molar-refractivity contribution in [1.82, 2.24) is 20.7 Å². The van der Waals surface area contributed by atoms with Gasteiger partial charge >= 0.3 is 0 Å². The number of guanidine groups is 1. The monoisotopic (exact) mass is 412 g/mol. The van der Waals surface area contributed by atoms with E-state index in [9.17, 15) is 0 Å². The summed E-state index contributed by atoms with van der Waals surface area (Å²) in [6.45, 7) is 11.4. The van der Waals surface area contributed by atoms with E-state index >= 15 is 0 Å². The average molecular weight is 413 g/mol. The van der Waals surface area contributed by atoms with Crippen LogP contribution < -0.4 is 15.5 Å². The van der Waals surface area contributed by atoms with E-state index in [1.54, 1.807) is 7.05 Å². The predicted octanol–water partition coefficient (Wildman–Crippen LogP) is 3.07. The fourth-order valence-corrected chi connectivity index (χ4v) is 3.61. The van der Waals surface area contributed by atoms with Crippen molar-refractivity contribution < 1.29 is 4.52 Å². The van der Waals surface area contributed by atoms with Crippen molar-refractivity contribution >= 4 is 11.6 Å². The van der Waals surface area contributed by atoms with Crippen LogP contribution in [0.1, 0.15) is 44.1 Å². The van der Waals surface area contributed by atoms with Gasteiger partial charge in [-0.2, -0.15) is 0 Å². The number of piperazine rings is 1. The van der Waals surface area contributed by atoms with Crippen LogP contribution in [0.25, 0.3) is 0 Å². The first-order valence-electron chi connectivity index (χ1n) is 11.1. The van der Waals surface area contributed by atoms with Crippen LogP contribution in [0, 0.1) is 0 Å². The number of nitrogens with zero attached hydrogens (tertiary/aromatic N) is 4. The van der Waals surface area contributed by atoms with Crippen molar-refractivity contribution in [1.29, 1.82) is 0 Å². The molecular weight excluding hydrogens is 376 g/mol. The van der Waals surface area contributed by atoms with Gasteiger partial charge in [0.1, 0.15) is 0 Å². The van der Waals surface area contributed by atoms with Gasteiger partial charge in [-0.1, -0.05) is 37.2 Å². The Kier molecular flexibility index (Phi) is 8.56. The van der Waals surface area contributed by atoms with Gasteiger partial charge in [-0.15, -0.1) is 0 Å². The van der Waals surface area contributed by atoms with Gasteiger partial charge in [-0.05, 0) is 37.4 Å². The van der Waals surface area contributed by atoms with Gasteiger partial charge in [0.15, 0.2) is 11.7 Å². The van der Waals surface area contributed by atoms with Gasteiger partial charge in [0, 0.05) is 51.5 Å². The van der Waals surface area contributed by atoms with E-state index in [2.05, 4.69) is 74.8 Å². The minimum atomic E-state index is 0.376. The van der Waals surface area contributed by atoms with Gasteiger partial charge in [-0.25, -0.2) is 0 Å². The Morgan fingerprint density at radius 3 is 2.53 bits per heavy atom. The number of hydrogen-bond acceptors (Lipinski definition) is 5. The first kappa shape index (κ1) is 22.2. The van der Waals surface area contributed by atoms with Crippen molar-refractivity contribution in [3.8, 4) is 0 Å². The third-order valence-electron chi connectivity index (χ3n) is 5.51. The lowest BCUT2D eigenvalue weighted by molar-refractivity contribution is 0.253. The first-order valence-corrected chi connectivity index (χ1v) is 11.1. The molecule has 0 amide bonds. The van der Waals surface area contributed by atoms with E-state index in [1.165, 1.54) is 12.1 Å². The van der Waals surface area contributed by atoms with Gasteiger partial charge in [0.25, 0.3) is 0 Å². The number of unbranched alkanes of at least 4 members (excludes halogenated alkanes) is 1. The number of rotatable bonds is 9. The summed E-state index contributed by atoms with van der Waals surface area (Å²) in [4.78, 5) is 9.34. The standard InChI is InChI=1S/C23H36N6O/c1-19(2)22-17-21(30-27-22)18-26-23(24-3)25-11-7-8-12-28-13-15-29(16-14-28)20-9-5-4-6-10-20/h4-6,9-10,17,19H,7-8,11-16,18H2,1-3H3,(H2,24,25,26). The van der Waals surface area contributed by atoms with Crippen LogP contribution in [-0.4, -0.2) is 62.3 Å². The van der Waals surface area contributed by atoms with Crippen LogP contribution in [0.4, 0.5) is 5.69 Å². The zero-order valence-corrected chi connectivity index (χ0v) is 18.6. The SMILES string of the molecule is CN=C(NCCCCN1CCN(c2ccccc2)CC1)NCc1cc(C(C)C)no1. The van der Waals surface area contributed by atoms with Gasteiger partial charge in [-0.3, -0.25) is 9.89 Å². The lowest BCUT2D eigenvalue weighted by Crippen LogP contribution is -2.46. The molecule has 0 aliphatic carbocycles. The maximum absolute atomic E-state index is 5.36. The Morgan fingerprint density at radius 2 is 1.87 bits per heavy atom. The highest BCUT2D eigenvalue weighted by molar-refractivity contribution is 5.79. The summed E-state index contributed by atoms with van der Waals surface area (Å²) in [5.74, 6) is 2.01. The van der Waals surface area contributed by atoms with Crippen molar-refractivity contribution in [2.24, 2.45) is 4.99 Å². The summed E-state index contributed by atoms with van der Waals surface area (Å²) in [6, 6.07) is 12.7. The number of hydrogen-bond donors (Lipinski definition) is 2. The molecule has 0 atom stereocenters. The van der Waals surface area contributed by atoms with E-state index < -0.39 is 0 Å². The largest absolute Gasteiger partial charge is 0.369 e. The Morgan fingerprint density at radius 1 is 1.10 bits per heavy atom. The topological polar surface area (TPSA) is 68.9 Å². The van der Waals surface area contributed by atoms with Crippen molar-refractivity contribution in [2.75, 3.05) is 51.2 Å². The van der Waals surface area contributed by atoms with Crippen LogP contribution in [0.15, 0.2) is 45.9 Å². The fraction of sp³-hybridized carbons (Fsp3) is 0.565. The normalized spacial score (nSPS) is 15.6. The van der Waals surface area contributed by atoms with E-state index in [-0.39, 0.29) is 0 Å². The molecule has 7 heteroatoms. The Balaban J connectivity index is 1.26. The highest BCUT2D eigenvalue weighted by Gasteiger charge is 2.16. The zero-order chi connectivity index (χ0) is 21.2. The van der Waals surface area contributed by atoms with Gasteiger partial charge in [0.05, 0.1) is 12.2 Å². The molecule has 0 spiro atoms. The Labute approximate surface area is 180 Å². The number of benzene rings is 1. The summed E-state index contributed by atoms with van der Waals surface area (Å²) in [5.41, 5.74) is 2.32. The zero-order valence-electron chi connectivity index (χ0n) is 18.6. The molecule has 1 fully saturated rings. The molecule has 2 aromatic rings. The highest BCUT2D eigenvalue weighted by atomic mass is 16.5. The van der Waals surface area contributed by atoms with E-state index in [0.29, 0.717) is 12.5 Å². The molecule has 0 bridgehead atoms. The molecule has 1 aromatic heterocycles. The molecule has 0 unspecified atom stereocenters. The molecule has 1 aromatic carbocycles.